The summed E-state index contributed by atoms with van der Waals surface area (Å²) in [5, 5.41) is 3.24. The molecule has 0 fully saturated rings. The minimum atomic E-state index is 0.768. The van der Waals surface area contributed by atoms with E-state index in [1.54, 1.807) is 12.5 Å². The highest BCUT2D eigenvalue weighted by atomic mass is 15.0. The van der Waals surface area contributed by atoms with E-state index in [1.807, 2.05) is 36.4 Å². The quantitative estimate of drug-likeness (QED) is 0.683. The van der Waals surface area contributed by atoms with Gasteiger partial charge < -0.3 is 10.3 Å². The number of rotatable bonds is 2. The predicted octanol–water partition coefficient (Wildman–Crippen LogP) is 2.65. The van der Waals surface area contributed by atoms with Crippen molar-refractivity contribution in [3.63, 3.8) is 0 Å². The molecule has 0 saturated heterocycles. The lowest BCUT2D eigenvalue weighted by atomic mass is 10.3. The number of aromatic amines is 1. The number of nitrogens with zero attached hydrogens (tertiary/aromatic N) is 2. The molecule has 1 aromatic carbocycles. The maximum absolute atomic E-state index is 4.26. The van der Waals surface area contributed by atoms with Crippen LogP contribution in [0.1, 0.15) is 0 Å². The molecule has 2 N–H and O–H groups in total. The Morgan fingerprint density at radius 2 is 1.88 bits per heavy atom. The molecular weight excluding hydrogens is 200 g/mol. The van der Waals surface area contributed by atoms with Crippen LogP contribution >= 0.6 is 0 Å². The van der Waals surface area contributed by atoms with Gasteiger partial charge in [0.15, 0.2) is 5.82 Å². The molecule has 1 aromatic rings. The molecule has 2 aliphatic heterocycles. The summed E-state index contributed by atoms with van der Waals surface area (Å²) in [5.41, 5.74) is 2.84. The van der Waals surface area contributed by atoms with Gasteiger partial charge in [-0.1, -0.05) is 18.2 Å². The zero-order valence-corrected chi connectivity index (χ0v) is 8.51. The van der Waals surface area contributed by atoms with Crippen molar-refractivity contribution >= 4 is 11.5 Å². The Bertz CT molecular complexity index is 558. The lowest BCUT2D eigenvalue weighted by molar-refractivity contribution is 1.15. The van der Waals surface area contributed by atoms with Gasteiger partial charge in [0.25, 0.3) is 0 Å². The molecule has 0 amide bonds. The first kappa shape index (κ1) is 8.91. The third-order valence-corrected chi connectivity index (χ3v) is 2.37. The fourth-order valence-corrected chi connectivity index (χ4v) is 1.62. The highest BCUT2D eigenvalue weighted by Gasteiger charge is 2.10. The molecule has 0 aliphatic carbocycles. The molecular formula is C12H10N4. The van der Waals surface area contributed by atoms with Crippen LogP contribution in [0.5, 0.6) is 0 Å². The van der Waals surface area contributed by atoms with E-state index < -0.39 is 0 Å². The highest BCUT2D eigenvalue weighted by molar-refractivity contribution is 5.73. The van der Waals surface area contributed by atoms with Gasteiger partial charge in [-0.2, -0.15) is 0 Å². The molecule has 0 atom stereocenters. The normalized spacial score (nSPS) is 10.5. The Balaban J connectivity index is 1.99. The van der Waals surface area contributed by atoms with Gasteiger partial charge in [0.1, 0.15) is 5.69 Å². The topological polar surface area (TPSA) is 53.6 Å². The number of benzene rings is 1. The molecule has 0 bridgehead atoms. The van der Waals surface area contributed by atoms with Crippen molar-refractivity contribution in [2.75, 3.05) is 5.32 Å². The highest BCUT2D eigenvalue weighted by Crippen LogP contribution is 2.25. The van der Waals surface area contributed by atoms with Gasteiger partial charge in [-0.3, -0.25) is 4.98 Å². The Labute approximate surface area is 92.7 Å². The van der Waals surface area contributed by atoms with Crippen LogP contribution in [0.3, 0.4) is 0 Å². The first-order valence-corrected chi connectivity index (χ1v) is 5.03. The number of nitrogens with one attached hydrogen (secondary N) is 2. The fraction of sp³-hybridized carbons (Fsp3) is 0. The van der Waals surface area contributed by atoms with Crippen molar-refractivity contribution in [3.05, 3.63) is 48.9 Å². The number of fused-ring (bicyclic) bond motifs is 1. The molecule has 0 radical (unpaired) electrons. The summed E-state index contributed by atoms with van der Waals surface area (Å²) in [7, 11) is 0. The molecule has 0 aromatic heterocycles. The maximum atomic E-state index is 4.26. The third kappa shape index (κ3) is 1.50. The summed E-state index contributed by atoms with van der Waals surface area (Å²) in [6.45, 7) is 0. The number of hydrogen-bond donors (Lipinski definition) is 2. The molecule has 4 heteroatoms. The molecule has 0 unspecified atom stereocenters. The van der Waals surface area contributed by atoms with Crippen LogP contribution in [0.4, 0.5) is 11.5 Å². The van der Waals surface area contributed by atoms with Gasteiger partial charge in [0.05, 0.1) is 12.0 Å². The number of aromatic nitrogens is 3. The summed E-state index contributed by atoms with van der Waals surface area (Å²) in [6, 6.07) is 11.8. The van der Waals surface area contributed by atoms with E-state index in [4.69, 9.17) is 0 Å². The van der Waals surface area contributed by atoms with Crippen molar-refractivity contribution < 1.29 is 0 Å². The van der Waals surface area contributed by atoms with E-state index in [0.717, 1.165) is 22.9 Å². The number of anilines is 2. The SMILES string of the molecule is c1ccc(Nc2nc[nH]c3ccnc2-3)cc1. The van der Waals surface area contributed by atoms with Gasteiger partial charge in [-0.15, -0.1) is 0 Å². The first-order valence-electron chi connectivity index (χ1n) is 5.03. The van der Waals surface area contributed by atoms with Crippen LogP contribution < -0.4 is 5.32 Å². The van der Waals surface area contributed by atoms with Crippen LogP contribution in [0.25, 0.3) is 11.4 Å². The van der Waals surface area contributed by atoms with E-state index >= 15 is 0 Å². The lowest BCUT2D eigenvalue weighted by Crippen LogP contribution is -1.98. The van der Waals surface area contributed by atoms with Crippen molar-refractivity contribution in [1.29, 1.82) is 0 Å². The Morgan fingerprint density at radius 3 is 2.75 bits per heavy atom. The zero-order chi connectivity index (χ0) is 10.8. The zero-order valence-electron chi connectivity index (χ0n) is 8.51. The summed E-state index contributed by atoms with van der Waals surface area (Å²) >= 11 is 0. The Kier molecular flexibility index (Phi) is 2.04. The van der Waals surface area contributed by atoms with Crippen molar-refractivity contribution in [3.8, 4) is 11.4 Å². The number of hydrogen-bond acceptors (Lipinski definition) is 3. The second-order valence-corrected chi connectivity index (χ2v) is 3.45. The Morgan fingerprint density at radius 1 is 1.00 bits per heavy atom. The largest absolute Gasteiger partial charge is 0.344 e. The van der Waals surface area contributed by atoms with Gasteiger partial charge in [-0.05, 0) is 18.2 Å². The van der Waals surface area contributed by atoms with Crippen LogP contribution in [0, 0.1) is 0 Å². The molecule has 16 heavy (non-hydrogen) atoms. The van der Waals surface area contributed by atoms with Gasteiger partial charge in [-0.25, -0.2) is 4.98 Å². The van der Waals surface area contributed by atoms with Crippen LogP contribution in [0.15, 0.2) is 48.9 Å². The van der Waals surface area contributed by atoms with Crippen molar-refractivity contribution in [2.45, 2.75) is 0 Å². The van der Waals surface area contributed by atoms with Crippen molar-refractivity contribution in [2.24, 2.45) is 0 Å². The Hall–Kier alpha value is -2.36. The van der Waals surface area contributed by atoms with E-state index in [0.29, 0.717) is 0 Å². The van der Waals surface area contributed by atoms with Crippen molar-refractivity contribution in [1.82, 2.24) is 15.0 Å². The minimum absolute atomic E-state index is 0.768. The second-order valence-electron chi connectivity index (χ2n) is 3.45. The average Bonchev–Trinajstić information content (AvgIpc) is 2.80. The van der Waals surface area contributed by atoms with Crippen LogP contribution in [-0.4, -0.2) is 15.0 Å². The molecule has 0 spiro atoms. The third-order valence-electron chi connectivity index (χ3n) is 2.37. The van der Waals surface area contributed by atoms with E-state index in [1.165, 1.54) is 0 Å². The lowest BCUT2D eigenvalue weighted by Gasteiger charge is -2.08. The molecule has 4 nitrogen and oxygen atoms in total. The maximum Gasteiger partial charge on any atom is 0.160 e. The number of H-pyrrole nitrogens is 1. The number of para-hydroxylation sites is 1. The molecule has 2 aliphatic rings. The molecule has 0 saturated carbocycles. The van der Waals surface area contributed by atoms with Gasteiger partial charge in [0.2, 0.25) is 0 Å². The standard InChI is InChI=1S/C12H10N4/c1-2-4-9(5-3-1)16-12-11-10(6-7-13-11)14-8-15-12/h1-8,16H,(H,14,15). The average molecular weight is 210 g/mol. The summed E-state index contributed by atoms with van der Waals surface area (Å²) in [5.74, 6) is 0.768. The summed E-state index contributed by atoms with van der Waals surface area (Å²) < 4.78 is 0. The minimum Gasteiger partial charge on any atom is -0.344 e. The summed E-state index contributed by atoms with van der Waals surface area (Å²) in [4.78, 5) is 11.5. The fourth-order valence-electron chi connectivity index (χ4n) is 1.62. The molecule has 2 heterocycles. The van der Waals surface area contributed by atoms with Gasteiger partial charge in [0, 0.05) is 11.9 Å². The first-order chi connectivity index (χ1) is 7.93. The second kappa shape index (κ2) is 3.66. The van der Waals surface area contributed by atoms with Crippen LogP contribution in [-0.2, 0) is 0 Å². The summed E-state index contributed by atoms with van der Waals surface area (Å²) in [6.07, 6.45) is 3.42. The van der Waals surface area contributed by atoms with E-state index in [-0.39, 0.29) is 0 Å². The monoisotopic (exact) mass is 210 g/mol. The molecule has 3 rings (SSSR count). The predicted molar refractivity (Wildman–Crippen MR) is 62.7 cm³/mol. The van der Waals surface area contributed by atoms with E-state index in [2.05, 4.69) is 20.3 Å². The van der Waals surface area contributed by atoms with E-state index in [9.17, 15) is 0 Å². The molecule has 78 valence electrons. The van der Waals surface area contributed by atoms with Gasteiger partial charge >= 0.3 is 0 Å². The van der Waals surface area contributed by atoms with Crippen LogP contribution in [0.2, 0.25) is 0 Å². The smallest absolute Gasteiger partial charge is 0.160 e.